The fraction of sp³-hybridized carbons (Fsp3) is 0.200. The van der Waals surface area contributed by atoms with Crippen molar-refractivity contribution in [3.05, 3.63) is 40.7 Å². The van der Waals surface area contributed by atoms with Gasteiger partial charge in [0, 0.05) is 11.8 Å². The van der Waals surface area contributed by atoms with Crippen molar-refractivity contribution >= 4 is 33.1 Å². The zero-order chi connectivity index (χ0) is 17.9. The quantitative estimate of drug-likeness (QED) is 0.700. The molecule has 0 fully saturated rings. The number of aromatic nitrogens is 3. The lowest BCUT2D eigenvalue weighted by atomic mass is 10.4. The molecule has 0 aliphatic carbocycles. The maximum absolute atomic E-state index is 12.1. The van der Waals surface area contributed by atoms with Crippen LogP contribution in [0.4, 0.5) is 6.01 Å². The molecule has 0 aliphatic rings. The van der Waals surface area contributed by atoms with Gasteiger partial charge in [-0.3, -0.25) is 10.1 Å². The van der Waals surface area contributed by atoms with Crippen LogP contribution in [0.5, 0.6) is 0 Å². The van der Waals surface area contributed by atoms with E-state index >= 15 is 0 Å². The number of carbonyl (C=O) groups is 1. The summed E-state index contributed by atoms with van der Waals surface area (Å²) in [5.41, 5.74) is 0.530. The molecule has 0 saturated heterocycles. The fourth-order valence-electron chi connectivity index (χ4n) is 1.99. The van der Waals surface area contributed by atoms with Crippen molar-refractivity contribution in [1.82, 2.24) is 15.2 Å². The Bertz CT molecular complexity index is 980. The molecule has 1 N–H and O–H groups in total. The van der Waals surface area contributed by atoms with Gasteiger partial charge in [0.25, 0.3) is 5.89 Å². The summed E-state index contributed by atoms with van der Waals surface area (Å²) in [6.45, 7) is 1.85. The molecular weight excluding hydrogens is 364 g/mol. The van der Waals surface area contributed by atoms with Crippen molar-refractivity contribution in [2.45, 2.75) is 18.2 Å². The number of nitrogens with zero attached hydrogens (tertiary/aromatic N) is 3. The second kappa shape index (κ2) is 7.11. The first-order valence-electron chi connectivity index (χ1n) is 7.28. The topological polar surface area (TPSA) is 115 Å². The normalized spacial score (nSPS) is 11.4. The predicted molar refractivity (Wildman–Crippen MR) is 91.9 cm³/mol. The van der Waals surface area contributed by atoms with E-state index in [-0.39, 0.29) is 29.0 Å². The molecule has 25 heavy (non-hydrogen) atoms. The Morgan fingerprint density at radius 2 is 2.00 bits per heavy atom. The van der Waals surface area contributed by atoms with Gasteiger partial charge in [0.2, 0.25) is 5.91 Å². The summed E-state index contributed by atoms with van der Waals surface area (Å²) in [6, 6.07) is 7.88. The summed E-state index contributed by atoms with van der Waals surface area (Å²) in [5.74, 6) is -0.643. The van der Waals surface area contributed by atoms with Gasteiger partial charge >= 0.3 is 6.01 Å². The van der Waals surface area contributed by atoms with Crippen LogP contribution in [0.25, 0.3) is 11.6 Å². The number of anilines is 1. The molecule has 0 saturated carbocycles. The maximum atomic E-state index is 12.1. The smallest absolute Gasteiger partial charge is 0.322 e. The Balaban J connectivity index is 1.59. The summed E-state index contributed by atoms with van der Waals surface area (Å²) < 4.78 is 29.6. The summed E-state index contributed by atoms with van der Waals surface area (Å²) in [7, 11) is -3.52. The fourth-order valence-corrected chi connectivity index (χ4v) is 3.84. The Morgan fingerprint density at radius 3 is 2.68 bits per heavy atom. The summed E-state index contributed by atoms with van der Waals surface area (Å²) in [5, 5.41) is 12.5. The molecule has 2 aromatic heterocycles. The van der Waals surface area contributed by atoms with Crippen molar-refractivity contribution < 1.29 is 17.6 Å². The van der Waals surface area contributed by atoms with Crippen LogP contribution in [-0.2, 0) is 14.6 Å². The molecule has 3 rings (SSSR count). The number of benzene rings is 1. The molecule has 1 aromatic carbocycles. The van der Waals surface area contributed by atoms with Crippen molar-refractivity contribution in [1.29, 1.82) is 0 Å². The molecule has 2 heterocycles. The SMILES string of the molecule is Cc1nc(-c2nnc(NC(=O)CCS(=O)(=O)c3ccccc3)o2)cs1. The third-order valence-electron chi connectivity index (χ3n) is 3.21. The lowest BCUT2D eigenvalue weighted by molar-refractivity contribution is -0.115. The molecule has 8 nitrogen and oxygen atoms in total. The minimum Gasteiger partial charge on any atom is -0.401 e. The molecule has 0 spiro atoms. The van der Waals surface area contributed by atoms with Gasteiger partial charge in [-0.2, -0.15) is 0 Å². The van der Waals surface area contributed by atoms with Gasteiger partial charge in [0.05, 0.1) is 15.7 Å². The zero-order valence-corrected chi connectivity index (χ0v) is 14.8. The molecule has 10 heteroatoms. The zero-order valence-electron chi connectivity index (χ0n) is 13.2. The summed E-state index contributed by atoms with van der Waals surface area (Å²) in [6.07, 6.45) is -0.218. The van der Waals surface area contributed by atoms with Gasteiger partial charge in [0.15, 0.2) is 9.84 Å². The molecule has 0 unspecified atom stereocenters. The van der Waals surface area contributed by atoms with Gasteiger partial charge in [-0.25, -0.2) is 13.4 Å². The first-order valence-corrected chi connectivity index (χ1v) is 9.81. The molecule has 0 atom stereocenters. The van der Waals surface area contributed by atoms with Crippen LogP contribution in [0.2, 0.25) is 0 Å². The minimum atomic E-state index is -3.52. The number of sulfone groups is 1. The Labute approximate surface area is 147 Å². The van der Waals surface area contributed by atoms with Crippen molar-refractivity contribution in [3.8, 4) is 11.6 Å². The molecule has 3 aromatic rings. The van der Waals surface area contributed by atoms with E-state index in [4.69, 9.17) is 4.42 Å². The van der Waals surface area contributed by atoms with Gasteiger partial charge in [0.1, 0.15) is 5.69 Å². The summed E-state index contributed by atoms with van der Waals surface area (Å²) in [4.78, 5) is 16.3. The van der Waals surface area contributed by atoms with Crippen molar-refractivity contribution in [2.24, 2.45) is 0 Å². The van der Waals surface area contributed by atoms with E-state index in [0.29, 0.717) is 5.69 Å². The highest BCUT2D eigenvalue weighted by molar-refractivity contribution is 7.91. The van der Waals surface area contributed by atoms with Gasteiger partial charge in [-0.05, 0) is 19.1 Å². The molecule has 0 aliphatic heterocycles. The van der Waals surface area contributed by atoms with Crippen LogP contribution in [0.15, 0.2) is 45.0 Å². The molecular formula is C15H14N4O4S2. The van der Waals surface area contributed by atoms with Crippen molar-refractivity contribution in [2.75, 3.05) is 11.1 Å². The Morgan fingerprint density at radius 1 is 1.24 bits per heavy atom. The van der Waals surface area contributed by atoms with Crippen molar-refractivity contribution in [3.63, 3.8) is 0 Å². The lowest BCUT2D eigenvalue weighted by Crippen LogP contribution is -2.17. The summed E-state index contributed by atoms with van der Waals surface area (Å²) >= 11 is 1.44. The number of carbonyl (C=O) groups excluding carboxylic acids is 1. The monoisotopic (exact) mass is 378 g/mol. The van der Waals surface area contributed by atoms with Crippen LogP contribution in [0.1, 0.15) is 11.4 Å². The largest absolute Gasteiger partial charge is 0.401 e. The number of hydrogen-bond donors (Lipinski definition) is 1. The van der Waals surface area contributed by atoms with E-state index in [1.54, 1.807) is 23.6 Å². The second-order valence-corrected chi connectivity index (χ2v) is 8.27. The van der Waals surface area contributed by atoms with E-state index < -0.39 is 15.7 Å². The second-order valence-electron chi connectivity index (χ2n) is 5.09. The van der Waals surface area contributed by atoms with E-state index in [1.807, 2.05) is 6.92 Å². The van der Waals surface area contributed by atoms with Crippen LogP contribution in [-0.4, -0.2) is 35.3 Å². The Hall–Kier alpha value is -2.59. The molecule has 0 bridgehead atoms. The number of amides is 1. The standard InChI is InChI=1S/C15H14N4O4S2/c1-10-16-12(9-24-10)14-18-19-15(23-14)17-13(20)7-8-25(21,22)11-5-3-2-4-6-11/h2-6,9H,7-8H2,1H3,(H,17,19,20). The number of thiazole rings is 1. The maximum Gasteiger partial charge on any atom is 0.322 e. The van der Waals surface area contributed by atoms with Crippen LogP contribution in [0, 0.1) is 6.92 Å². The van der Waals surface area contributed by atoms with Crippen LogP contribution in [0.3, 0.4) is 0 Å². The average Bonchev–Trinajstić information content (AvgIpc) is 3.23. The van der Waals surface area contributed by atoms with E-state index in [9.17, 15) is 13.2 Å². The van der Waals surface area contributed by atoms with E-state index in [1.165, 1.54) is 23.5 Å². The van der Waals surface area contributed by atoms with Crippen LogP contribution < -0.4 is 5.32 Å². The van der Waals surface area contributed by atoms with E-state index in [0.717, 1.165) is 5.01 Å². The minimum absolute atomic E-state index is 0.0947. The highest BCUT2D eigenvalue weighted by Gasteiger charge is 2.18. The first-order chi connectivity index (χ1) is 11.9. The molecule has 1 amide bonds. The van der Waals surface area contributed by atoms with Gasteiger partial charge in [-0.1, -0.05) is 23.3 Å². The molecule has 0 radical (unpaired) electrons. The highest BCUT2D eigenvalue weighted by Crippen LogP contribution is 2.21. The van der Waals surface area contributed by atoms with E-state index in [2.05, 4.69) is 20.5 Å². The van der Waals surface area contributed by atoms with Gasteiger partial charge < -0.3 is 4.42 Å². The number of rotatable bonds is 6. The van der Waals surface area contributed by atoms with Crippen LogP contribution >= 0.6 is 11.3 Å². The third-order valence-corrected chi connectivity index (χ3v) is 5.72. The third kappa shape index (κ3) is 4.28. The predicted octanol–water partition coefficient (Wildman–Crippen LogP) is 2.30. The van der Waals surface area contributed by atoms with Gasteiger partial charge in [-0.15, -0.1) is 16.4 Å². The lowest BCUT2D eigenvalue weighted by Gasteiger charge is -2.03. The first kappa shape index (κ1) is 17.2. The number of aryl methyl sites for hydroxylation is 1. The molecule has 130 valence electrons. The number of nitrogens with one attached hydrogen (secondary N) is 1. The Kier molecular flexibility index (Phi) is 4.91. The average molecular weight is 378 g/mol. The highest BCUT2D eigenvalue weighted by atomic mass is 32.2. The number of hydrogen-bond acceptors (Lipinski definition) is 8.